The molecule has 0 fully saturated rings. The molecule has 0 saturated carbocycles. The highest BCUT2D eigenvalue weighted by Gasteiger charge is 2.23. The molecule has 2 rings (SSSR count). The summed E-state index contributed by atoms with van der Waals surface area (Å²) in [6, 6.07) is 8.77. The summed E-state index contributed by atoms with van der Waals surface area (Å²) < 4.78 is 9.95. The molecule has 3 N–H and O–H groups in total. The Morgan fingerprint density at radius 3 is 2.15 bits per heavy atom. The minimum absolute atomic E-state index is 0.136. The van der Waals surface area contributed by atoms with E-state index in [-0.39, 0.29) is 5.82 Å². The van der Waals surface area contributed by atoms with Gasteiger partial charge in [0, 0.05) is 5.39 Å². The predicted octanol–water partition coefficient (Wildman–Crippen LogP) is 1.73. The number of nitrogens with one attached hydrogen (secondary N) is 1. The second kappa shape index (κ2) is 8.94. The number of hydrogen-bond acceptors (Lipinski definition) is 8. The van der Waals surface area contributed by atoms with Crippen LogP contribution in [0, 0.1) is 0 Å². The van der Waals surface area contributed by atoms with Crippen LogP contribution in [0.3, 0.4) is 0 Å². The number of aromatic nitrogens is 1. The molecule has 11 heteroatoms. The van der Waals surface area contributed by atoms with E-state index in [0.717, 1.165) is 10.8 Å². The first-order valence-electron chi connectivity index (χ1n) is 7.39. The van der Waals surface area contributed by atoms with Crippen LogP contribution in [-0.2, 0) is 28.7 Å². The van der Waals surface area contributed by atoms with Crippen molar-refractivity contribution in [2.24, 2.45) is 0 Å². The molecule has 10 nitrogen and oxygen atoms in total. The van der Waals surface area contributed by atoms with Crippen LogP contribution in [0.1, 0.15) is 12.8 Å². The van der Waals surface area contributed by atoms with Gasteiger partial charge in [-0.1, -0.05) is 24.3 Å². The van der Waals surface area contributed by atoms with E-state index in [0.29, 0.717) is 4.60 Å². The summed E-state index contributed by atoms with van der Waals surface area (Å²) in [7, 11) is 0. The molecule has 0 spiro atoms. The number of esters is 2. The maximum atomic E-state index is 11.6. The van der Waals surface area contributed by atoms with Crippen molar-refractivity contribution >= 4 is 56.4 Å². The van der Waals surface area contributed by atoms with Crippen molar-refractivity contribution in [2.75, 3.05) is 5.32 Å². The van der Waals surface area contributed by atoms with Crippen LogP contribution in [0.25, 0.3) is 10.8 Å². The van der Waals surface area contributed by atoms with Gasteiger partial charge in [0.1, 0.15) is 23.3 Å². The fourth-order valence-electron chi connectivity index (χ4n) is 2.00. The highest BCUT2D eigenvalue weighted by Crippen LogP contribution is 2.25. The largest absolute Gasteiger partial charge is 0.481 e. The zero-order valence-corrected chi connectivity index (χ0v) is 15.1. The van der Waals surface area contributed by atoms with Gasteiger partial charge in [-0.15, -0.1) is 0 Å². The maximum Gasteiger partial charge on any atom is 0.330 e. The SMILES string of the molecule is O=C(O)CC(=O)OC(Nc1cc2ccccc2c(Br)n1)OC(=O)CC(=O)O. The summed E-state index contributed by atoms with van der Waals surface area (Å²) in [5, 5.41) is 21.3. The molecule has 0 aliphatic heterocycles. The number of fused-ring (bicyclic) bond motifs is 1. The summed E-state index contributed by atoms with van der Waals surface area (Å²) in [4.78, 5) is 48.4. The lowest BCUT2D eigenvalue weighted by atomic mass is 10.2. The molecular formula is C16H13BrN2O8. The smallest absolute Gasteiger partial charge is 0.330 e. The van der Waals surface area contributed by atoms with Crippen molar-refractivity contribution in [3.8, 4) is 0 Å². The Hall–Kier alpha value is -3.21. The van der Waals surface area contributed by atoms with E-state index in [2.05, 4.69) is 26.2 Å². The van der Waals surface area contributed by atoms with Crippen LogP contribution in [0.5, 0.6) is 0 Å². The van der Waals surface area contributed by atoms with Crippen LogP contribution in [-0.4, -0.2) is 45.5 Å². The summed E-state index contributed by atoms with van der Waals surface area (Å²) in [6.45, 7) is 0. The molecule has 1 heterocycles. The Morgan fingerprint density at radius 2 is 1.59 bits per heavy atom. The van der Waals surface area contributed by atoms with Crippen LogP contribution < -0.4 is 5.32 Å². The average molecular weight is 441 g/mol. The molecule has 2 aromatic rings. The lowest BCUT2D eigenvalue weighted by Gasteiger charge is -2.19. The average Bonchev–Trinajstić information content (AvgIpc) is 2.53. The number of carboxylic acid groups (broad SMARTS) is 2. The summed E-state index contributed by atoms with van der Waals surface area (Å²) in [5.74, 6) is -5.13. The second-order valence-corrected chi connectivity index (χ2v) is 5.87. The number of carboxylic acids is 2. The first-order chi connectivity index (χ1) is 12.7. The fourth-order valence-corrected chi connectivity index (χ4v) is 2.56. The maximum absolute atomic E-state index is 11.6. The van der Waals surface area contributed by atoms with Gasteiger partial charge < -0.3 is 25.0 Å². The zero-order chi connectivity index (χ0) is 20.0. The fraction of sp³-hybridized carbons (Fsp3) is 0.188. The Bertz CT molecular complexity index is 871. The Balaban J connectivity index is 2.21. The number of pyridine rings is 1. The number of carbonyl (C=O) groups is 4. The molecule has 0 amide bonds. The molecule has 0 atom stereocenters. The lowest BCUT2D eigenvalue weighted by Crippen LogP contribution is -2.33. The number of ether oxygens (including phenoxy) is 2. The summed E-state index contributed by atoms with van der Waals surface area (Å²) >= 11 is 3.28. The van der Waals surface area contributed by atoms with Crippen molar-refractivity contribution in [1.82, 2.24) is 4.98 Å². The highest BCUT2D eigenvalue weighted by atomic mass is 79.9. The standard InChI is InChI=1S/C16H13BrN2O8/c17-15-9-4-2-1-3-8(9)5-10(18-15)19-16(26-13(24)6-11(20)21)27-14(25)7-12(22)23/h1-5,16H,6-7H2,(H,18,19)(H,20,21)(H,22,23). The van der Waals surface area contributed by atoms with Gasteiger partial charge in [0.15, 0.2) is 0 Å². The van der Waals surface area contributed by atoms with E-state index < -0.39 is 43.1 Å². The minimum Gasteiger partial charge on any atom is -0.481 e. The first kappa shape index (κ1) is 20.1. The van der Waals surface area contributed by atoms with E-state index in [9.17, 15) is 19.2 Å². The van der Waals surface area contributed by atoms with Crippen molar-refractivity contribution in [3.63, 3.8) is 0 Å². The molecule has 0 bridgehead atoms. The number of halogens is 1. The highest BCUT2D eigenvalue weighted by molar-refractivity contribution is 9.10. The molecule has 1 aromatic carbocycles. The molecule has 0 aliphatic rings. The van der Waals surface area contributed by atoms with E-state index >= 15 is 0 Å². The molecule has 0 saturated heterocycles. The van der Waals surface area contributed by atoms with Gasteiger partial charge in [-0.3, -0.25) is 19.2 Å². The lowest BCUT2D eigenvalue weighted by molar-refractivity contribution is -0.184. The number of carbonyl (C=O) groups excluding carboxylic acids is 2. The first-order valence-corrected chi connectivity index (χ1v) is 8.18. The Kier molecular flexibility index (Phi) is 6.66. The predicted molar refractivity (Wildman–Crippen MR) is 93.5 cm³/mol. The van der Waals surface area contributed by atoms with Crippen LogP contribution >= 0.6 is 15.9 Å². The number of benzene rings is 1. The molecule has 0 unspecified atom stereocenters. The number of nitrogens with zero attached hydrogens (tertiary/aromatic N) is 1. The van der Waals surface area contributed by atoms with Gasteiger partial charge >= 0.3 is 30.3 Å². The van der Waals surface area contributed by atoms with E-state index in [1.807, 2.05) is 12.1 Å². The van der Waals surface area contributed by atoms with Crippen LogP contribution in [0.15, 0.2) is 34.9 Å². The second-order valence-electron chi connectivity index (χ2n) is 5.12. The number of anilines is 1. The minimum atomic E-state index is -1.76. The normalized spacial score (nSPS) is 10.4. The summed E-state index contributed by atoms with van der Waals surface area (Å²) in [5.41, 5.74) is 0. The van der Waals surface area contributed by atoms with E-state index in [1.165, 1.54) is 0 Å². The number of rotatable bonds is 8. The quantitative estimate of drug-likeness (QED) is 0.239. The summed E-state index contributed by atoms with van der Waals surface area (Å²) in [6.07, 6.45) is -3.70. The van der Waals surface area contributed by atoms with Crippen molar-refractivity contribution in [2.45, 2.75) is 19.3 Å². The number of hydrogen-bond donors (Lipinski definition) is 3. The van der Waals surface area contributed by atoms with Crippen molar-refractivity contribution in [3.05, 3.63) is 34.9 Å². The molecule has 0 aliphatic carbocycles. The molecule has 1 aromatic heterocycles. The van der Waals surface area contributed by atoms with Crippen LogP contribution in [0.4, 0.5) is 5.82 Å². The molecule has 142 valence electrons. The van der Waals surface area contributed by atoms with Gasteiger partial charge in [0.25, 0.3) is 0 Å². The van der Waals surface area contributed by atoms with Gasteiger partial charge in [-0.05, 0) is 27.4 Å². The number of aliphatic carboxylic acids is 2. The van der Waals surface area contributed by atoms with Crippen molar-refractivity contribution < 1.29 is 38.9 Å². The molecule has 27 heavy (non-hydrogen) atoms. The van der Waals surface area contributed by atoms with Gasteiger partial charge in [0.2, 0.25) is 0 Å². The van der Waals surface area contributed by atoms with Crippen LogP contribution in [0.2, 0.25) is 0 Å². The molecule has 0 radical (unpaired) electrons. The third-order valence-corrected chi connectivity index (χ3v) is 3.63. The van der Waals surface area contributed by atoms with E-state index in [4.69, 9.17) is 19.7 Å². The van der Waals surface area contributed by atoms with E-state index in [1.54, 1.807) is 18.2 Å². The third kappa shape index (κ3) is 6.22. The Morgan fingerprint density at radius 1 is 1.04 bits per heavy atom. The van der Waals surface area contributed by atoms with Gasteiger partial charge in [-0.2, -0.15) is 0 Å². The Labute approximate surface area is 160 Å². The monoisotopic (exact) mass is 440 g/mol. The third-order valence-electron chi connectivity index (χ3n) is 3.03. The van der Waals surface area contributed by atoms with Crippen molar-refractivity contribution in [1.29, 1.82) is 0 Å². The van der Waals surface area contributed by atoms with Gasteiger partial charge in [0.05, 0.1) is 0 Å². The molecular weight excluding hydrogens is 428 g/mol. The zero-order valence-electron chi connectivity index (χ0n) is 13.5. The topological polar surface area (TPSA) is 152 Å². The van der Waals surface area contributed by atoms with Gasteiger partial charge in [-0.25, -0.2) is 4.98 Å².